The number of aliphatic imine (C=N–C) groups is 1. The second-order valence-corrected chi connectivity index (χ2v) is 7.04. The van der Waals surface area contributed by atoms with E-state index in [1.54, 1.807) is 32.4 Å². The zero-order chi connectivity index (χ0) is 21.2. The van der Waals surface area contributed by atoms with E-state index in [0.717, 1.165) is 6.54 Å². The van der Waals surface area contributed by atoms with Crippen LogP contribution >= 0.6 is 24.0 Å². The van der Waals surface area contributed by atoms with E-state index in [2.05, 4.69) is 53.7 Å². The van der Waals surface area contributed by atoms with E-state index >= 15 is 0 Å². The maximum atomic E-state index is 10.7. The van der Waals surface area contributed by atoms with Crippen LogP contribution in [0.1, 0.15) is 42.6 Å². The maximum absolute atomic E-state index is 10.7. The average molecular weight is 527 g/mol. The van der Waals surface area contributed by atoms with Crippen LogP contribution in [0.2, 0.25) is 0 Å². The number of nitrogens with one attached hydrogen (secondary N) is 2. The van der Waals surface area contributed by atoms with Crippen LogP contribution in [0.4, 0.5) is 0 Å². The molecule has 2 unspecified atom stereocenters. The Bertz CT molecular complexity index is 814. The van der Waals surface area contributed by atoms with Crippen LogP contribution in [0.25, 0.3) is 0 Å². The number of rotatable bonds is 9. The van der Waals surface area contributed by atoms with Crippen molar-refractivity contribution in [3.63, 3.8) is 0 Å². The minimum atomic E-state index is -0.766. The van der Waals surface area contributed by atoms with Crippen LogP contribution < -0.4 is 20.1 Å². The van der Waals surface area contributed by atoms with Crippen molar-refractivity contribution >= 4 is 29.9 Å². The van der Waals surface area contributed by atoms with Crippen molar-refractivity contribution < 1.29 is 14.6 Å². The predicted molar refractivity (Wildman–Crippen MR) is 133 cm³/mol. The Kier molecular flexibility index (Phi) is 11.6. The number of methoxy groups -OCH3 is 2. The third-order valence-electron chi connectivity index (χ3n) is 4.74. The van der Waals surface area contributed by atoms with Gasteiger partial charge in [-0.25, -0.2) is 0 Å². The molecule has 0 heterocycles. The third-order valence-corrected chi connectivity index (χ3v) is 4.74. The normalized spacial score (nSPS) is 13.1. The van der Waals surface area contributed by atoms with Crippen LogP contribution in [-0.2, 0) is 0 Å². The molecule has 166 valence electrons. The van der Waals surface area contributed by atoms with E-state index < -0.39 is 6.10 Å². The summed E-state index contributed by atoms with van der Waals surface area (Å²) in [4.78, 5) is 4.69. The van der Waals surface area contributed by atoms with Crippen LogP contribution in [0.15, 0.2) is 47.5 Å². The molecule has 2 aromatic rings. The summed E-state index contributed by atoms with van der Waals surface area (Å²) in [5.74, 6) is 2.27. The fourth-order valence-electron chi connectivity index (χ4n) is 3.06. The first kappa shape index (κ1) is 26.0. The summed E-state index contributed by atoms with van der Waals surface area (Å²) < 4.78 is 10.6. The summed E-state index contributed by atoms with van der Waals surface area (Å²) in [7, 11) is 3.19. The first-order chi connectivity index (χ1) is 14.0. The highest BCUT2D eigenvalue weighted by Crippen LogP contribution is 2.29. The number of hydrogen-bond acceptors (Lipinski definition) is 4. The highest BCUT2D eigenvalue weighted by atomic mass is 127. The molecule has 0 aliphatic rings. The van der Waals surface area contributed by atoms with Crippen molar-refractivity contribution in [1.82, 2.24) is 10.6 Å². The Labute approximate surface area is 197 Å². The number of halogens is 1. The standard InChI is InChI=1S/C23H33N3O3.HI/c1-6-24-23(25-14-17(3)18-9-7-8-16(2)12-18)26-15-21(27)20-13-19(28-4)10-11-22(20)29-5;/h7-13,17,21,27H,6,14-15H2,1-5H3,(H2,24,25,26);1H. The summed E-state index contributed by atoms with van der Waals surface area (Å²) in [6, 6.07) is 13.9. The van der Waals surface area contributed by atoms with E-state index in [9.17, 15) is 5.11 Å². The number of ether oxygens (including phenoxy) is 2. The molecule has 0 radical (unpaired) electrons. The van der Waals surface area contributed by atoms with Crippen molar-refractivity contribution in [2.24, 2.45) is 4.99 Å². The molecule has 0 bridgehead atoms. The van der Waals surface area contributed by atoms with Crippen LogP contribution in [-0.4, -0.2) is 44.9 Å². The molecule has 0 aliphatic carbocycles. The molecule has 0 spiro atoms. The Morgan fingerprint density at radius 1 is 1.10 bits per heavy atom. The molecule has 2 atom stereocenters. The van der Waals surface area contributed by atoms with E-state index in [1.165, 1.54) is 11.1 Å². The minimum absolute atomic E-state index is 0. The number of benzene rings is 2. The molecule has 0 fully saturated rings. The lowest BCUT2D eigenvalue weighted by molar-refractivity contribution is 0.176. The Morgan fingerprint density at radius 2 is 1.87 bits per heavy atom. The second kappa shape index (κ2) is 13.3. The van der Waals surface area contributed by atoms with Crippen molar-refractivity contribution in [2.75, 3.05) is 33.9 Å². The predicted octanol–water partition coefficient (Wildman–Crippen LogP) is 4.02. The summed E-state index contributed by atoms with van der Waals surface area (Å²) in [5, 5.41) is 17.1. The molecule has 3 N–H and O–H groups in total. The molecule has 0 aromatic heterocycles. The quantitative estimate of drug-likeness (QED) is 0.261. The van der Waals surface area contributed by atoms with Gasteiger partial charge in [-0.15, -0.1) is 24.0 Å². The molecule has 0 saturated carbocycles. The van der Waals surface area contributed by atoms with Gasteiger partial charge < -0.3 is 25.2 Å². The first-order valence-electron chi connectivity index (χ1n) is 9.97. The monoisotopic (exact) mass is 527 g/mol. The zero-order valence-electron chi connectivity index (χ0n) is 18.4. The number of aryl methyl sites for hydroxylation is 1. The number of guanidine groups is 1. The van der Waals surface area contributed by atoms with Gasteiger partial charge >= 0.3 is 0 Å². The maximum Gasteiger partial charge on any atom is 0.191 e. The number of hydrogen-bond donors (Lipinski definition) is 3. The topological polar surface area (TPSA) is 75.1 Å². The molecule has 0 aliphatic heterocycles. The Morgan fingerprint density at radius 3 is 2.50 bits per heavy atom. The van der Waals surface area contributed by atoms with Gasteiger partial charge in [0.05, 0.1) is 20.3 Å². The van der Waals surface area contributed by atoms with Gasteiger partial charge in [-0.1, -0.05) is 36.8 Å². The third kappa shape index (κ3) is 7.68. The lowest BCUT2D eigenvalue weighted by Crippen LogP contribution is -2.39. The Hall–Kier alpha value is -2.00. The fraction of sp³-hybridized carbons (Fsp3) is 0.435. The van der Waals surface area contributed by atoms with E-state index in [1.807, 2.05) is 6.92 Å². The molecule has 0 amide bonds. The van der Waals surface area contributed by atoms with Crippen LogP contribution in [0, 0.1) is 6.92 Å². The molecular weight excluding hydrogens is 493 g/mol. The van der Waals surface area contributed by atoms with E-state index in [0.29, 0.717) is 42.0 Å². The lowest BCUT2D eigenvalue weighted by atomic mass is 10.00. The summed E-state index contributed by atoms with van der Waals surface area (Å²) in [6.45, 7) is 7.97. The highest BCUT2D eigenvalue weighted by Gasteiger charge is 2.15. The molecule has 7 heteroatoms. The van der Waals surface area contributed by atoms with Gasteiger partial charge in [-0.05, 0) is 37.6 Å². The lowest BCUT2D eigenvalue weighted by Gasteiger charge is -2.19. The van der Waals surface area contributed by atoms with Gasteiger partial charge in [0.15, 0.2) is 5.96 Å². The van der Waals surface area contributed by atoms with Gasteiger partial charge in [0.2, 0.25) is 0 Å². The molecule has 2 aromatic carbocycles. The molecule has 30 heavy (non-hydrogen) atoms. The van der Waals surface area contributed by atoms with E-state index in [-0.39, 0.29) is 24.0 Å². The number of nitrogens with zero attached hydrogens (tertiary/aromatic N) is 1. The largest absolute Gasteiger partial charge is 0.497 e. The van der Waals surface area contributed by atoms with Crippen molar-refractivity contribution in [3.8, 4) is 11.5 Å². The van der Waals surface area contributed by atoms with Crippen molar-refractivity contribution in [2.45, 2.75) is 32.8 Å². The van der Waals surface area contributed by atoms with Gasteiger partial charge in [-0.3, -0.25) is 4.99 Å². The van der Waals surface area contributed by atoms with Crippen LogP contribution in [0.5, 0.6) is 11.5 Å². The average Bonchev–Trinajstić information content (AvgIpc) is 2.74. The fourth-order valence-corrected chi connectivity index (χ4v) is 3.06. The Balaban J connectivity index is 0.00000450. The number of aliphatic hydroxyl groups excluding tert-OH is 1. The highest BCUT2D eigenvalue weighted by molar-refractivity contribution is 14.0. The smallest absolute Gasteiger partial charge is 0.191 e. The summed E-state index contributed by atoms with van der Waals surface area (Å²) >= 11 is 0. The second-order valence-electron chi connectivity index (χ2n) is 7.04. The summed E-state index contributed by atoms with van der Waals surface area (Å²) in [6.07, 6.45) is -0.766. The van der Waals surface area contributed by atoms with Crippen molar-refractivity contribution in [3.05, 3.63) is 59.2 Å². The van der Waals surface area contributed by atoms with Gasteiger partial charge in [0.25, 0.3) is 0 Å². The minimum Gasteiger partial charge on any atom is -0.497 e. The number of aliphatic hydroxyl groups is 1. The van der Waals surface area contributed by atoms with Gasteiger partial charge in [0, 0.05) is 31.1 Å². The summed E-state index contributed by atoms with van der Waals surface area (Å²) in [5.41, 5.74) is 3.19. The van der Waals surface area contributed by atoms with Gasteiger partial charge in [-0.2, -0.15) is 0 Å². The molecule has 0 saturated heterocycles. The van der Waals surface area contributed by atoms with E-state index in [4.69, 9.17) is 9.47 Å². The van der Waals surface area contributed by atoms with Crippen LogP contribution in [0.3, 0.4) is 0 Å². The molecular formula is C23H34IN3O3. The first-order valence-corrected chi connectivity index (χ1v) is 9.97. The van der Waals surface area contributed by atoms with Crippen molar-refractivity contribution in [1.29, 1.82) is 0 Å². The zero-order valence-corrected chi connectivity index (χ0v) is 20.8. The SMILES string of the molecule is CCNC(=NCC(C)c1cccc(C)c1)NCC(O)c1cc(OC)ccc1OC.I. The van der Waals surface area contributed by atoms with Gasteiger partial charge in [0.1, 0.15) is 11.5 Å². The molecule has 6 nitrogen and oxygen atoms in total. The molecule has 2 rings (SSSR count).